The topological polar surface area (TPSA) is 54.1 Å². The number of carbonyl (C=O) groups is 1. The summed E-state index contributed by atoms with van der Waals surface area (Å²) < 4.78 is 5.17. The number of fused-ring (bicyclic) bond motifs is 1. The van der Waals surface area contributed by atoms with E-state index in [1.807, 2.05) is 39.0 Å². The predicted molar refractivity (Wildman–Crippen MR) is 76.4 cm³/mol. The Morgan fingerprint density at radius 3 is 2.84 bits per heavy atom. The summed E-state index contributed by atoms with van der Waals surface area (Å²) in [7, 11) is 0. The second-order valence-electron chi connectivity index (χ2n) is 5.37. The summed E-state index contributed by atoms with van der Waals surface area (Å²) in [6, 6.07) is 5.82. The molecule has 0 aliphatic heterocycles. The summed E-state index contributed by atoms with van der Waals surface area (Å²) in [6.07, 6.45) is 1.32. The molecule has 0 unspecified atom stereocenters. The highest BCUT2D eigenvalue weighted by molar-refractivity contribution is 6.35. The van der Waals surface area contributed by atoms with Crippen LogP contribution in [0.2, 0.25) is 5.02 Å². The third-order valence-electron chi connectivity index (χ3n) is 2.53. The molecule has 0 bridgehead atoms. The van der Waals surface area contributed by atoms with Crippen molar-refractivity contribution >= 4 is 28.6 Å². The molecule has 0 saturated carbocycles. The number of H-pyrrole nitrogens is 1. The third kappa shape index (κ3) is 3.64. The van der Waals surface area contributed by atoms with Crippen LogP contribution >= 0.6 is 11.6 Å². The lowest BCUT2D eigenvalue weighted by molar-refractivity contribution is 0.0523. The van der Waals surface area contributed by atoms with Crippen molar-refractivity contribution in [3.05, 3.63) is 35.0 Å². The van der Waals surface area contributed by atoms with Crippen molar-refractivity contribution in [2.45, 2.75) is 32.9 Å². The second kappa shape index (κ2) is 5.13. The first kappa shape index (κ1) is 13.7. The van der Waals surface area contributed by atoms with Crippen molar-refractivity contribution in [3.63, 3.8) is 0 Å². The van der Waals surface area contributed by atoms with Gasteiger partial charge in [-0.2, -0.15) is 0 Å². The number of halogens is 1. The average molecular weight is 281 g/mol. The van der Waals surface area contributed by atoms with Gasteiger partial charge in [-0.3, -0.25) is 0 Å². The zero-order valence-electron chi connectivity index (χ0n) is 11.2. The van der Waals surface area contributed by atoms with Gasteiger partial charge >= 0.3 is 6.09 Å². The fourth-order valence-electron chi connectivity index (χ4n) is 1.73. The molecular formula is C14H17ClN2O2. The summed E-state index contributed by atoms with van der Waals surface area (Å²) in [4.78, 5) is 14.6. The monoisotopic (exact) mass is 280 g/mol. The second-order valence-corrected chi connectivity index (χ2v) is 5.78. The highest BCUT2D eigenvalue weighted by Crippen LogP contribution is 2.23. The minimum Gasteiger partial charge on any atom is -0.444 e. The van der Waals surface area contributed by atoms with E-state index in [9.17, 15) is 4.79 Å². The molecule has 1 aromatic carbocycles. The van der Waals surface area contributed by atoms with Crippen LogP contribution in [0.3, 0.4) is 0 Å². The van der Waals surface area contributed by atoms with Gasteiger partial charge in [0.25, 0.3) is 0 Å². The molecule has 0 saturated heterocycles. The normalized spacial score (nSPS) is 11.6. The van der Waals surface area contributed by atoms with Crippen LogP contribution in [0.25, 0.3) is 10.9 Å². The zero-order chi connectivity index (χ0) is 14.0. The van der Waals surface area contributed by atoms with Crippen LogP contribution in [0.4, 0.5) is 4.79 Å². The maximum absolute atomic E-state index is 11.5. The number of aromatic amines is 1. The maximum Gasteiger partial charge on any atom is 0.407 e. The number of hydrogen-bond donors (Lipinski definition) is 2. The number of alkyl carbamates (subject to hydrolysis) is 1. The summed E-state index contributed by atoms with van der Waals surface area (Å²) in [5.41, 5.74) is 1.46. The van der Waals surface area contributed by atoms with E-state index in [-0.39, 0.29) is 0 Å². The van der Waals surface area contributed by atoms with Crippen LogP contribution in [-0.2, 0) is 11.3 Å². The highest BCUT2D eigenvalue weighted by Gasteiger charge is 2.15. The SMILES string of the molecule is CC(C)(C)OC(=O)NCc1ccc2[nH]cc(Cl)c2c1. The molecule has 0 fully saturated rings. The van der Waals surface area contributed by atoms with Crippen LogP contribution in [0.5, 0.6) is 0 Å². The molecule has 19 heavy (non-hydrogen) atoms. The smallest absolute Gasteiger partial charge is 0.407 e. The molecule has 0 spiro atoms. The Kier molecular flexibility index (Phi) is 3.71. The summed E-state index contributed by atoms with van der Waals surface area (Å²) in [5.74, 6) is 0. The fraction of sp³-hybridized carbons (Fsp3) is 0.357. The van der Waals surface area contributed by atoms with E-state index in [0.717, 1.165) is 16.5 Å². The number of ether oxygens (including phenoxy) is 1. The van der Waals surface area contributed by atoms with E-state index in [0.29, 0.717) is 11.6 Å². The quantitative estimate of drug-likeness (QED) is 0.878. The molecule has 4 nitrogen and oxygen atoms in total. The molecule has 2 N–H and O–H groups in total. The number of benzene rings is 1. The van der Waals surface area contributed by atoms with Gasteiger partial charge in [-0.15, -0.1) is 0 Å². The van der Waals surface area contributed by atoms with E-state index < -0.39 is 11.7 Å². The molecule has 0 atom stereocenters. The first-order chi connectivity index (χ1) is 8.85. The molecule has 5 heteroatoms. The van der Waals surface area contributed by atoms with E-state index in [4.69, 9.17) is 16.3 Å². The average Bonchev–Trinajstić information content (AvgIpc) is 2.66. The Balaban J connectivity index is 2.02. The third-order valence-corrected chi connectivity index (χ3v) is 2.84. The van der Waals surface area contributed by atoms with Gasteiger partial charge in [-0.25, -0.2) is 4.79 Å². The van der Waals surface area contributed by atoms with Crippen molar-refractivity contribution in [2.24, 2.45) is 0 Å². The lowest BCUT2D eigenvalue weighted by Gasteiger charge is -2.19. The maximum atomic E-state index is 11.5. The van der Waals surface area contributed by atoms with Crippen molar-refractivity contribution in [1.82, 2.24) is 10.3 Å². The lowest BCUT2D eigenvalue weighted by Crippen LogP contribution is -2.32. The van der Waals surface area contributed by atoms with Crippen LogP contribution in [0, 0.1) is 0 Å². The first-order valence-corrected chi connectivity index (χ1v) is 6.45. The Labute approximate surface area is 117 Å². The van der Waals surface area contributed by atoms with Gasteiger partial charge in [0.2, 0.25) is 0 Å². The Bertz CT molecular complexity index is 599. The minimum absolute atomic E-state index is 0.409. The minimum atomic E-state index is -0.488. The summed E-state index contributed by atoms with van der Waals surface area (Å²) >= 11 is 6.05. The van der Waals surface area contributed by atoms with Gasteiger partial charge < -0.3 is 15.0 Å². The van der Waals surface area contributed by atoms with Gasteiger partial charge in [-0.05, 0) is 38.5 Å². The summed E-state index contributed by atoms with van der Waals surface area (Å²) in [6.45, 7) is 5.90. The number of nitrogens with one attached hydrogen (secondary N) is 2. The van der Waals surface area contributed by atoms with Crippen molar-refractivity contribution < 1.29 is 9.53 Å². The van der Waals surface area contributed by atoms with Gasteiger partial charge in [0.05, 0.1) is 5.02 Å². The molecule has 2 aromatic rings. The highest BCUT2D eigenvalue weighted by atomic mass is 35.5. The number of aromatic nitrogens is 1. The van der Waals surface area contributed by atoms with Gasteiger partial charge in [0.1, 0.15) is 5.60 Å². The van der Waals surface area contributed by atoms with Gasteiger partial charge in [0, 0.05) is 23.6 Å². The first-order valence-electron chi connectivity index (χ1n) is 6.07. The van der Waals surface area contributed by atoms with Crippen LogP contribution in [-0.4, -0.2) is 16.7 Å². The van der Waals surface area contributed by atoms with Crippen molar-refractivity contribution in [2.75, 3.05) is 0 Å². The van der Waals surface area contributed by atoms with E-state index in [2.05, 4.69) is 10.3 Å². The molecule has 2 rings (SSSR count). The molecule has 1 heterocycles. The zero-order valence-corrected chi connectivity index (χ0v) is 12.0. The Morgan fingerprint density at radius 2 is 2.16 bits per heavy atom. The number of rotatable bonds is 2. The van der Waals surface area contributed by atoms with E-state index >= 15 is 0 Å². The lowest BCUT2D eigenvalue weighted by atomic mass is 10.1. The molecular weight excluding hydrogens is 264 g/mol. The number of amides is 1. The van der Waals surface area contributed by atoms with Gasteiger partial charge in [-0.1, -0.05) is 17.7 Å². The van der Waals surface area contributed by atoms with Gasteiger partial charge in [0.15, 0.2) is 0 Å². The fourth-order valence-corrected chi connectivity index (χ4v) is 1.94. The molecule has 0 aliphatic rings. The van der Waals surface area contributed by atoms with Crippen LogP contribution in [0.1, 0.15) is 26.3 Å². The van der Waals surface area contributed by atoms with Crippen LogP contribution in [0.15, 0.2) is 24.4 Å². The molecule has 1 aromatic heterocycles. The van der Waals surface area contributed by atoms with Crippen LogP contribution < -0.4 is 5.32 Å². The Hall–Kier alpha value is -1.68. The summed E-state index contributed by atoms with van der Waals surface area (Å²) in [5, 5.41) is 4.34. The molecule has 0 radical (unpaired) electrons. The number of carbonyl (C=O) groups excluding carboxylic acids is 1. The standard InChI is InChI=1S/C14H17ClN2O2/c1-14(2,3)19-13(18)17-7-9-4-5-12-10(6-9)11(15)8-16-12/h4-6,8,16H,7H2,1-3H3,(H,17,18). The Morgan fingerprint density at radius 1 is 1.42 bits per heavy atom. The molecule has 102 valence electrons. The molecule has 1 amide bonds. The van der Waals surface area contributed by atoms with E-state index in [1.54, 1.807) is 6.20 Å². The largest absolute Gasteiger partial charge is 0.444 e. The van der Waals surface area contributed by atoms with E-state index in [1.165, 1.54) is 0 Å². The predicted octanol–water partition coefficient (Wildman–Crippen LogP) is 3.85. The van der Waals surface area contributed by atoms with Crippen molar-refractivity contribution in [3.8, 4) is 0 Å². The molecule has 0 aliphatic carbocycles. The number of hydrogen-bond acceptors (Lipinski definition) is 2. The van der Waals surface area contributed by atoms with Crippen molar-refractivity contribution in [1.29, 1.82) is 0 Å².